The number of benzene rings is 1. The fourth-order valence-electron chi connectivity index (χ4n) is 3.37. The molecule has 8 heteroatoms. The number of halogens is 1. The number of nitrogens with one attached hydrogen (secondary N) is 2. The molecule has 1 aliphatic rings. The van der Waals surface area contributed by atoms with E-state index in [2.05, 4.69) is 40.4 Å². The van der Waals surface area contributed by atoms with Gasteiger partial charge >= 0.3 is 0 Å². The van der Waals surface area contributed by atoms with Gasteiger partial charge in [-0.2, -0.15) is 0 Å². The third-order valence-corrected chi connectivity index (χ3v) is 6.13. The van der Waals surface area contributed by atoms with Gasteiger partial charge in [0.1, 0.15) is 0 Å². The van der Waals surface area contributed by atoms with Crippen LogP contribution in [0, 0.1) is 6.92 Å². The molecule has 2 aromatic rings. The molecule has 1 aliphatic heterocycles. The largest absolute Gasteiger partial charge is 0.379 e. The van der Waals surface area contributed by atoms with Crippen molar-refractivity contribution in [3.05, 3.63) is 50.9 Å². The fraction of sp³-hybridized carbons (Fsp3) is 0.524. The van der Waals surface area contributed by atoms with E-state index >= 15 is 0 Å². The van der Waals surface area contributed by atoms with Gasteiger partial charge in [-0.25, -0.2) is 4.98 Å². The molecule has 1 aromatic carbocycles. The number of rotatable bonds is 8. The molecule has 6 nitrogen and oxygen atoms in total. The normalized spacial score (nSPS) is 16.6. The quantitative estimate of drug-likeness (QED) is 0.492. The highest BCUT2D eigenvalue weighted by molar-refractivity contribution is 7.11. The number of thiazole rings is 1. The summed E-state index contributed by atoms with van der Waals surface area (Å²) in [6.07, 6.45) is 2.82. The van der Waals surface area contributed by atoms with Crippen LogP contribution < -0.4 is 10.6 Å². The summed E-state index contributed by atoms with van der Waals surface area (Å²) in [5, 5.41) is 8.71. The Hall–Kier alpha value is -1.67. The number of aryl methyl sites for hydroxylation is 1. The number of guanidine groups is 1. The first-order valence-corrected chi connectivity index (χ1v) is 11.4. The summed E-state index contributed by atoms with van der Waals surface area (Å²) in [6.45, 7) is 9.68. The molecule has 1 saturated heterocycles. The summed E-state index contributed by atoms with van der Waals surface area (Å²) in [7, 11) is 0. The second-order valence-electron chi connectivity index (χ2n) is 6.95. The minimum atomic E-state index is 0.129. The van der Waals surface area contributed by atoms with Crippen molar-refractivity contribution in [2.24, 2.45) is 4.99 Å². The van der Waals surface area contributed by atoms with Gasteiger partial charge in [0, 0.05) is 48.7 Å². The van der Waals surface area contributed by atoms with Crippen molar-refractivity contribution >= 4 is 28.9 Å². The Morgan fingerprint density at radius 2 is 2.10 bits per heavy atom. The number of morpholine rings is 1. The average molecular weight is 436 g/mol. The maximum Gasteiger partial charge on any atom is 0.191 e. The smallest absolute Gasteiger partial charge is 0.191 e. The van der Waals surface area contributed by atoms with Crippen LogP contribution in [0.15, 0.2) is 35.5 Å². The topological polar surface area (TPSA) is 61.8 Å². The molecular formula is C21H30ClN5OS. The minimum Gasteiger partial charge on any atom is -0.379 e. The first-order valence-electron chi connectivity index (χ1n) is 10.2. The molecule has 1 aromatic heterocycles. The molecule has 2 N–H and O–H groups in total. The number of nitrogens with zero attached hydrogens (tertiary/aromatic N) is 3. The van der Waals surface area contributed by atoms with Gasteiger partial charge in [-0.15, -0.1) is 11.3 Å². The molecule has 3 rings (SSSR count). The van der Waals surface area contributed by atoms with E-state index in [-0.39, 0.29) is 6.04 Å². The Balaban J connectivity index is 1.67. The minimum absolute atomic E-state index is 0.129. The standard InChI is InChI=1S/C21H30ClN5OS/c1-3-23-21(24-9-8-20-25-14-16(2)29-20)26-15-19(27-10-12-28-13-11-27)17-6-4-5-7-18(17)22/h4-7,14,19H,3,8-13,15H2,1-2H3,(H2,23,24,26). The van der Waals surface area contributed by atoms with Gasteiger partial charge in [0.05, 0.1) is 30.8 Å². The van der Waals surface area contributed by atoms with E-state index in [1.807, 2.05) is 24.4 Å². The van der Waals surface area contributed by atoms with E-state index in [1.165, 1.54) is 4.88 Å². The summed E-state index contributed by atoms with van der Waals surface area (Å²) in [5.74, 6) is 0.825. The summed E-state index contributed by atoms with van der Waals surface area (Å²) >= 11 is 8.27. The van der Waals surface area contributed by atoms with Crippen LogP contribution in [0.4, 0.5) is 0 Å². The Kier molecular flexibility index (Phi) is 8.73. The Bertz CT molecular complexity index is 791. The maximum atomic E-state index is 6.52. The highest BCUT2D eigenvalue weighted by atomic mass is 35.5. The molecule has 158 valence electrons. The SMILES string of the molecule is CCNC(=NCC(c1ccccc1Cl)N1CCOCC1)NCCc1ncc(C)s1. The van der Waals surface area contributed by atoms with E-state index in [9.17, 15) is 0 Å². The molecular weight excluding hydrogens is 406 g/mol. The lowest BCUT2D eigenvalue weighted by Crippen LogP contribution is -2.42. The highest BCUT2D eigenvalue weighted by Crippen LogP contribution is 2.28. The van der Waals surface area contributed by atoms with Crippen molar-refractivity contribution in [1.82, 2.24) is 20.5 Å². The molecule has 0 amide bonds. The Morgan fingerprint density at radius 1 is 1.31 bits per heavy atom. The number of hydrogen-bond donors (Lipinski definition) is 2. The lowest BCUT2D eigenvalue weighted by atomic mass is 10.0. The van der Waals surface area contributed by atoms with Crippen LogP contribution in [0.25, 0.3) is 0 Å². The van der Waals surface area contributed by atoms with E-state index in [1.54, 1.807) is 11.3 Å². The highest BCUT2D eigenvalue weighted by Gasteiger charge is 2.24. The molecule has 2 heterocycles. The van der Waals surface area contributed by atoms with Crippen molar-refractivity contribution in [2.75, 3.05) is 45.9 Å². The molecule has 29 heavy (non-hydrogen) atoms. The predicted molar refractivity (Wildman–Crippen MR) is 121 cm³/mol. The second-order valence-corrected chi connectivity index (χ2v) is 8.67. The van der Waals surface area contributed by atoms with Gasteiger partial charge in [-0.05, 0) is 25.5 Å². The monoisotopic (exact) mass is 435 g/mol. The number of ether oxygens (including phenoxy) is 1. The van der Waals surface area contributed by atoms with Crippen molar-refractivity contribution in [1.29, 1.82) is 0 Å². The number of hydrogen-bond acceptors (Lipinski definition) is 5. The van der Waals surface area contributed by atoms with Crippen molar-refractivity contribution in [3.8, 4) is 0 Å². The Morgan fingerprint density at radius 3 is 2.79 bits per heavy atom. The average Bonchev–Trinajstić information content (AvgIpc) is 3.15. The maximum absolute atomic E-state index is 6.52. The lowest BCUT2D eigenvalue weighted by molar-refractivity contribution is 0.0180. The zero-order valence-electron chi connectivity index (χ0n) is 17.2. The number of aliphatic imine (C=N–C) groups is 1. The van der Waals surface area contributed by atoms with E-state index in [0.717, 1.165) is 67.4 Å². The molecule has 0 radical (unpaired) electrons. The van der Waals surface area contributed by atoms with Gasteiger partial charge in [0.15, 0.2) is 5.96 Å². The molecule has 0 bridgehead atoms. The fourth-order valence-corrected chi connectivity index (χ4v) is 4.42. The van der Waals surface area contributed by atoms with Crippen molar-refractivity contribution in [3.63, 3.8) is 0 Å². The third-order valence-electron chi connectivity index (χ3n) is 4.82. The van der Waals surface area contributed by atoms with E-state index in [0.29, 0.717) is 6.54 Å². The van der Waals surface area contributed by atoms with Gasteiger partial charge < -0.3 is 15.4 Å². The van der Waals surface area contributed by atoms with Crippen molar-refractivity contribution in [2.45, 2.75) is 26.3 Å². The summed E-state index contributed by atoms with van der Waals surface area (Å²) in [4.78, 5) is 13.0. The van der Waals surface area contributed by atoms with Gasteiger partial charge in [0.2, 0.25) is 0 Å². The van der Waals surface area contributed by atoms with Gasteiger partial charge in [0.25, 0.3) is 0 Å². The number of aromatic nitrogens is 1. The molecule has 1 fully saturated rings. The van der Waals surface area contributed by atoms with Crippen LogP contribution in [0.1, 0.15) is 28.4 Å². The van der Waals surface area contributed by atoms with Crippen LogP contribution in [0.2, 0.25) is 5.02 Å². The summed E-state index contributed by atoms with van der Waals surface area (Å²) in [6, 6.07) is 8.19. The van der Waals surface area contributed by atoms with E-state index < -0.39 is 0 Å². The predicted octanol–water partition coefficient (Wildman–Crippen LogP) is 3.28. The van der Waals surface area contributed by atoms with Gasteiger partial charge in [-0.3, -0.25) is 9.89 Å². The molecule has 0 aliphatic carbocycles. The summed E-state index contributed by atoms with van der Waals surface area (Å²) < 4.78 is 5.54. The second kappa shape index (κ2) is 11.5. The molecule has 1 unspecified atom stereocenters. The molecule has 0 saturated carbocycles. The van der Waals surface area contributed by atoms with Crippen LogP contribution in [-0.4, -0.2) is 61.8 Å². The first-order chi connectivity index (χ1) is 14.2. The van der Waals surface area contributed by atoms with Crippen LogP contribution >= 0.6 is 22.9 Å². The van der Waals surface area contributed by atoms with Crippen LogP contribution in [0.5, 0.6) is 0 Å². The van der Waals surface area contributed by atoms with Crippen LogP contribution in [0.3, 0.4) is 0 Å². The lowest BCUT2D eigenvalue weighted by Gasteiger charge is -2.34. The summed E-state index contributed by atoms with van der Waals surface area (Å²) in [5.41, 5.74) is 1.12. The first kappa shape index (κ1) is 22.0. The van der Waals surface area contributed by atoms with Gasteiger partial charge in [-0.1, -0.05) is 29.8 Å². The van der Waals surface area contributed by atoms with E-state index in [4.69, 9.17) is 21.3 Å². The zero-order valence-corrected chi connectivity index (χ0v) is 18.7. The van der Waals surface area contributed by atoms with Crippen LogP contribution in [-0.2, 0) is 11.2 Å². The Labute approximate surface area is 182 Å². The zero-order chi connectivity index (χ0) is 20.5. The van der Waals surface area contributed by atoms with Crippen molar-refractivity contribution < 1.29 is 4.74 Å². The molecule has 0 spiro atoms. The third kappa shape index (κ3) is 6.67. The molecule has 1 atom stereocenters.